The van der Waals surface area contributed by atoms with E-state index in [-0.39, 0.29) is 10.7 Å². The quantitative estimate of drug-likeness (QED) is 0.859. The van der Waals surface area contributed by atoms with Gasteiger partial charge in [0.25, 0.3) is 5.91 Å². The summed E-state index contributed by atoms with van der Waals surface area (Å²) >= 11 is 3.52. The van der Waals surface area contributed by atoms with Crippen LogP contribution in [-0.2, 0) is 0 Å². The van der Waals surface area contributed by atoms with Gasteiger partial charge in [-0.05, 0) is 31.5 Å². The smallest absolute Gasteiger partial charge is 0.259 e. The second kappa shape index (κ2) is 5.40. The Hall–Kier alpha value is -1.55. The Kier molecular flexibility index (Phi) is 3.87. The highest BCUT2D eigenvalue weighted by molar-refractivity contribution is 9.09. The lowest BCUT2D eigenvalue weighted by molar-refractivity contribution is 0.102. The topological polar surface area (TPSA) is 42.2 Å². The predicted octanol–water partition coefficient (Wildman–Crippen LogP) is 4.30. The fraction of sp³-hybridized carbons (Fsp3) is 0.214. The number of aryl methyl sites for hydroxylation is 1. The molecule has 0 bridgehead atoms. The van der Waals surface area contributed by atoms with Crippen molar-refractivity contribution >= 4 is 27.5 Å². The summed E-state index contributed by atoms with van der Waals surface area (Å²) in [5.74, 6) is 0.471. The number of hydrogen-bond donors (Lipinski definition) is 1. The van der Waals surface area contributed by atoms with Gasteiger partial charge in [-0.2, -0.15) is 0 Å². The van der Waals surface area contributed by atoms with Gasteiger partial charge in [0.1, 0.15) is 5.76 Å². The molecule has 0 spiro atoms. The van der Waals surface area contributed by atoms with Gasteiger partial charge in [-0.15, -0.1) is 0 Å². The second-order valence-electron chi connectivity index (χ2n) is 4.05. The van der Waals surface area contributed by atoms with Gasteiger partial charge >= 0.3 is 0 Å². The van der Waals surface area contributed by atoms with Crippen molar-refractivity contribution in [1.29, 1.82) is 0 Å². The van der Waals surface area contributed by atoms with E-state index in [1.54, 1.807) is 13.0 Å². The van der Waals surface area contributed by atoms with E-state index in [2.05, 4.69) is 21.2 Å². The average molecular weight is 308 g/mol. The highest BCUT2D eigenvalue weighted by atomic mass is 79.9. The molecule has 0 aliphatic heterocycles. The summed E-state index contributed by atoms with van der Waals surface area (Å²) in [6, 6.07) is 9.39. The number of rotatable bonds is 3. The molecule has 1 N–H and O–H groups in total. The van der Waals surface area contributed by atoms with Crippen LogP contribution in [0.5, 0.6) is 0 Å². The first-order chi connectivity index (χ1) is 8.59. The van der Waals surface area contributed by atoms with Crippen LogP contribution in [0.15, 0.2) is 41.0 Å². The SMILES string of the molecule is Cc1occc1C(=O)Nc1ccccc1C(C)Br. The number of furan rings is 1. The highest BCUT2D eigenvalue weighted by Crippen LogP contribution is 2.29. The third-order valence-corrected chi connectivity index (χ3v) is 3.23. The molecule has 0 radical (unpaired) electrons. The molecule has 2 rings (SSSR count). The summed E-state index contributed by atoms with van der Waals surface area (Å²) in [5.41, 5.74) is 2.42. The molecule has 0 saturated heterocycles. The minimum Gasteiger partial charge on any atom is -0.469 e. The molecule has 2 aromatic rings. The van der Waals surface area contributed by atoms with Crippen LogP contribution in [-0.4, -0.2) is 5.91 Å². The maximum absolute atomic E-state index is 12.1. The van der Waals surface area contributed by atoms with E-state index in [1.807, 2.05) is 31.2 Å². The van der Waals surface area contributed by atoms with Crippen molar-refractivity contribution in [2.24, 2.45) is 0 Å². The van der Waals surface area contributed by atoms with Crippen molar-refractivity contribution in [3.63, 3.8) is 0 Å². The maximum Gasteiger partial charge on any atom is 0.259 e. The zero-order valence-corrected chi connectivity index (χ0v) is 11.8. The van der Waals surface area contributed by atoms with E-state index in [9.17, 15) is 4.79 Å². The molecule has 3 nitrogen and oxygen atoms in total. The lowest BCUT2D eigenvalue weighted by Gasteiger charge is -2.12. The van der Waals surface area contributed by atoms with E-state index < -0.39 is 0 Å². The summed E-state index contributed by atoms with van der Waals surface area (Å²) < 4.78 is 5.13. The molecule has 1 aromatic carbocycles. The fourth-order valence-corrected chi connectivity index (χ4v) is 2.17. The molecule has 0 aliphatic rings. The number of halogens is 1. The average Bonchev–Trinajstić information content (AvgIpc) is 2.76. The minimum atomic E-state index is -0.151. The standard InChI is InChI=1S/C14H14BrNO2/c1-9(15)11-5-3-4-6-13(11)16-14(17)12-7-8-18-10(12)2/h3-9H,1-2H3,(H,16,17). The molecule has 1 atom stereocenters. The molecule has 1 amide bonds. The van der Waals surface area contributed by atoms with Gasteiger partial charge in [0.15, 0.2) is 0 Å². The number of amides is 1. The number of anilines is 1. The third kappa shape index (κ3) is 2.64. The van der Waals surface area contributed by atoms with Crippen LogP contribution in [0.25, 0.3) is 0 Å². The van der Waals surface area contributed by atoms with Crippen LogP contribution in [0.2, 0.25) is 0 Å². The normalized spacial score (nSPS) is 12.2. The molecular formula is C14H14BrNO2. The monoisotopic (exact) mass is 307 g/mol. The Bertz CT molecular complexity index is 560. The molecule has 1 unspecified atom stereocenters. The van der Waals surface area contributed by atoms with Crippen LogP contribution in [0.3, 0.4) is 0 Å². The summed E-state index contributed by atoms with van der Waals surface area (Å²) in [4.78, 5) is 12.3. The highest BCUT2D eigenvalue weighted by Gasteiger charge is 2.14. The van der Waals surface area contributed by atoms with Crippen LogP contribution in [0.1, 0.15) is 33.4 Å². The van der Waals surface area contributed by atoms with E-state index in [0.29, 0.717) is 11.3 Å². The second-order valence-corrected chi connectivity index (χ2v) is 5.42. The Balaban J connectivity index is 2.25. The molecule has 1 aromatic heterocycles. The van der Waals surface area contributed by atoms with Gasteiger partial charge in [-0.3, -0.25) is 4.79 Å². The minimum absolute atomic E-state index is 0.151. The van der Waals surface area contributed by atoms with Gasteiger partial charge in [-0.1, -0.05) is 34.1 Å². The van der Waals surface area contributed by atoms with Gasteiger partial charge in [-0.25, -0.2) is 0 Å². The van der Waals surface area contributed by atoms with Crippen molar-refractivity contribution in [2.75, 3.05) is 5.32 Å². The third-order valence-electron chi connectivity index (χ3n) is 2.74. The van der Waals surface area contributed by atoms with Crippen LogP contribution in [0.4, 0.5) is 5.69 Å². The van der Waals surface area contributed by atoms with Crippen LogP contribution in [0, 0.1) is 6.92 Å². The van der Waals surface area contributed by atoms with E-state index in [0.717, 1.165) is 11.3 Å². The van der Waals surface area contributed by atoms with Crippen molar-refractivity contribution in [3.05, 3.63) is 53.5 Å². The number of carbonyl (C=O) groups is 1. The van der Waals surface area contributed by atoms with E-state index >= 15 is 0 Å². The number of benzene rings is 1. The molecule has 94 valence electrons. The molecular weight excluding hydrogens is 294 g/mol. The van der Waals surface area contributed by atoms with Gasteiger partial charge in [0.05, 0.1) is 11.8 Å². The first-order valence-corrected chi connectivity index (χ1v) is 6.59. The molecule has 0 aliphatic carbocycles. The zero-order valence-electron chi connectivity index (χ0n) is 10.2. The van der Waals surface area contributed by atoms with Crippen molar-refractivity contribution < 1.29 is 9.21 Å². The Labute approximate surface area is 114 Å². The molecule has 0 fully saturated rings. The molecule has 4 heteroatoms. The zero-order chi connectivity index (χ0) is 13.1. The van der Waals surface area contributed by atoms with Crippen molar-refractivity contribution in [2.45, 2.75) is 18.7 Å². The number of para-hydroxylation sites is 1. The van der Waals surface area contributed by atoms with Crippen molar-refractivity contribution in [1.82, 2.24) is 0 Å². The Morgan fingerprint density at radius 2 is 2.06 bits per heavy atom. The summed E-state index contributed by atoms with van der Waals surface area (Å²) in [5, 5.41) is 2.91. The van der Waals surface area contributed by atoms with Gasteiger partial charge in [0, 0.05) is 10.5 Å². The molecule has 18 heavy (non-hydrogen) atoms. The Morgan fingerprint density at radius 1 is 1.33 bits per heavy atom. The number of carbonyl (C=O) groups excluding carboxylic acids is 1. The van der Waals surface area contributed by atoms with E-state index in [4.69, 9.17) is 4.42 Å². The van der Waals surface area contributed by atoms with Gasteiger partial charge in [0.2, 0.25) is 0 Å². The largest absolute Gasteiger partial charge is 0.469 e. The number of alkyl halides is 1. The predicted molar refractivity (Wildman–Crippen MR) is 75.2 cm³/mol. The number of hydrogen-bond acceptors (Lipinski definition) is 2. The van der Waals surface area contributed by atoms with Crippen molar-refractivity contribution in [3.8, 4) is 0 Å². The number of nitrogens with one attached hydrogen (secondary N) is 1. The lowest BCUT2D eigenvalue weighted by Crippen LogP contribution is -2.13. The molecule has 1 heterocycles. The summed E-state index contributed by atoms with van der Waals surface area (Å²) in [6.45, 7) is 3.79. The summed E-state index contributed by atoms with van der Waals surface area (Å²) in [7, 11) is 0. The molecule has 0 saturated carbocycles. The first-order valence-electron chi connectivity index (χ1n) is 5.68. The maximum atomic E-state index is 12.1. The lowest BCUT2D eigenvalue weighted by atomic mass is 10.1. The Morgan fingerprint density at radius 3 is 2.67 bits per heavy atom. The van der Waals surface area contributed by atoms with Gasteiger partial charge < -0.3 is 9.73 Å². The first kappa shape index (κ1) is 12.9. The summed E-state index contributed by atoms with van der Waals surface area (Å²) in [6.07, 6.45) is 1.52. The van der Waals surface area contributed by atoms with Crippen LogP contribution < -0.4 is 5.32 Å². The fourth-order valence-electron chi connectivity index (χ4n) is 1.77. The van der Waals surface area contributed by atoms with Crippen LogP contribution >= 0.6 is 15.9 Å². The van der Waals surface area contributed by atoms with E-state index in [1.165, 1.54) is 6.26 Å².